The van der Waals surface area contributed by atoms with E-state index in [1.807, 2.05) is 6.92 Å². The molecule has 3 N–H and O–H groups in total. The van der Waals surface area contributed by atoms with Gasteiger partial charge in [0.25, 0.3) is 0 Å². The first-order valence-electron chi connectivity index (χ1n) is 6.21. The Bertz CT molecular complexity index is 413. The molecule has 1 aliphatic carbocycles. The van der Waals surface area contributed by atoms with Gasteiger partial charge in [0, 0.05) is 24.6 Å². The van der Waals surface area contributed by atoms with Crippen molar-refractivity contribution < 1.29 is 9.32 Å². The Morgan fingerprint density at radius 2 is 2.32 bits per heavy atom. The highest BCUT2D eigenvalue weighted by Gasteiger charge is 2.28. The maximum Gasteiger partial charge on any atom is 0.229 e. The van der Waals surface area contributed by atoms with Gasteiger partial charge in [0.15, 0.2) is 0 Å². The third-order valence-corrected chi connectivity index (χ3v) is 3.60. The minimum Gasteiger partial charge on any atom is -0.355 e. The average Bonchev–Trinajstić information content (AvgIpc) is 3.13. The van der Waals surface area contributed by atoms with Gasteiger partial charge in [0.05, 0.1) is 5.69 Å². The Kier molecular flexibility index (Phi) is 6.10. The molecule has 1 heterocycles. The maximum absolute atomic E-state index is 11.6. The predicted molar refractivity (Wildman–Crippen MR) is 75.5 cm³/mol. The van der Waals surface area contributed by atoms with Gasteiger partial charge in [-0.25, -0.2) is 0 Å². The molecule has 1 amide bonds. The molecule has 0 spiro atoms. The summed E-state index contributed by atoms with van der Waals surface area (Å²) >= 11 is 5.82. The van der Waals surface area contributed by atoms with E-state index in [9.17, 15) is 4.79 Å². The van der Waals surface area contributed by atoms with Gasteiger partial charge in [0.2, 0.25) is 11.1 Å². The van der Waals surface area contributed by atoms with Crippen LogP contribution in [0.2, 0.25) is 5.22 Å². The van der Waals surface area contributed by atoms with Gasteiger partial charge < -0.3 is 15.6 Å². The van der Waals surface area contributed by atoms with Crippen molar-refractivity contribution in [2.24, 2.45) is 11.7 Å². The summed E-state index contributed by atoms with van der Waals surface area (Å²) in [7, 11) is 0. The monoisotopic (exact) mass is 307 g/mol. The highest BCUT2D eigenvalue weighted by atomic mass is 35.5. The Labute approximate surface area is 123 Å². The fourth-order valence-electron chi connectivity index (χ4n) is 1.89. The van der Waals surface area contributed by atoms with E-state index in [2.05, 4.69) is 10.5 Å². The molecule has 1 aliphatic rings. The van der Waals surface area contributed by atoms with Crippen LogP contribution in [0.5, 0.6) is 0 Å². The van der Waals surface area contributed by atoms with Crippen molar-refractivity contribution in [3.63, 3.8) is 0 Å². The first-order valence-corrected chi connectivity index (χ1v) is 6.58. The number of nitrogens with two attached hydrogens (primary N) is 1. The fraction of sp³-hybridized carbons (Fsp3) is 0.667. The second kappa shape index (κ2) is 7.12. The summed E-state index contributed by atoms with van der Waals surface area (Å²) in [6, 6.07) is 0.0925. The molecule has 1 saturated carbocycles. The number of carbonyl (C=O) groups is 1. The SMILES string of the molecule is Cc1noc(Cl)c1CCC(=O)NCC(N)C1CC1.Cl. The van der Waals surface area contributed by atoms with E-state index >= 15 is 0 Å². The predicted octanol–water partition coefficient (Wildman–Crippen LogP) is 1.84. The molecule has 0 aromatic carbocycles. The van der Waals surface area contributed by atoms with Gasteiger partial charge in [-0.3, -0.25) is 4.79 Å². The van der Waals surface area contributed by atoms with Crippen LogP contribution in [0.15, 0.2) is 4.52 Å². The van der Waals surface area contributed by atoms with Gasteiger partial charge in [-0.05, 0) is 43.7 Å². The summed E-state index contributed by atoms with van der Waals surface area (Å²) < 4.78 is 4.83. The van der Waals surface area contributed by atoms with Crippen LogP contribution in [0, 0.1) is 12.8 Å². The molecule has 19 heavy (non-hydrogen) atoms. The zero-order valence-electron chi connectivity index (χ0n) is 10.8. The first-order chi connectivity index (χ1) is 8.58. The van der Waals surface area contributed by atoms with Crippen molar-refractivity contribution in [1.82, 2.24) is 10.5 Å². The van der Waals surface area contributed by atoms with E-state index in [-0.39, 0.29) is 29.6 Å². The molecule has 1 aromatic heterocycles. The van der Waals surface area contributed by atoms with Crippen molar-refractivity contribution in [3.05, 3.63) is 16.5 Å². The third kappa shape index (κ3) is 4.67. The van der Waals surface area contributed by atoms with Gasteiger partial charge in [-0.1, -0.05) is 5.16 Å². The van der Waals surface area contributed by atoms with E-state index in [4.69, 9.17) is 21.9 Å². The lowest BCUT2D eigenvalue weighted by Gasteiger charge is -2.11. The van der Waals surface area contributed by atoms with Crippen LogP contribution < -0.4 is 11.1 Å². The zero-order valence-corrected chi connectivity index (χ0v) is 12.4. The van der Waals surface area contributed by atoms with Crippen LogP contribution in [-0.4, -0.2) is 23.7 Å². The minimum atomic E-state index is -0.0113. The Morgan fingerprint density at radius 3 is 2.84 bits per heavy atom. The summed E-state index contributed by atoms with van der Waals surface area (Å²) in [4.78, 5) is 11.6. The lowest BCUT2D eigenvalue weighted by molar-refractivity contribution is -0.121. The number of halogens is 2. The second-order valence-electron chi connectivity index (χ2n) is 4.83. The van der Waals surface area contributed by atoms with Crippen molar-refractivity contribution in [3.8, 4) is 0 Å². The average molecular weight is 308 g/mol. The normalized spacial score (nSPS) is 15.7. The number of aryl methyl sites for hydroxylation is 1. The molecule has 5 nitrogen and oxygen atoms in total. The number of amides is 1. The van der Waals surface area contributed by atoms with Crippen LogP contribution in [0.25, 0.3) is 0 Å². The molecular weight excluding hydrogens is 289 g/mol. The van der Waals surface area contributed by atoms with Crippen LogP contribution in [-0.2, 0) is 11.2 Å². The molecule has 0 saturated heterocycles. The number of aromatic nitrogens is 1. The van der Waals surface area contributed by atoms with Gasteiger partial charge in [0.1, 0.15) is 0 Å². The Morgan fingerprint density at radius 1 is 1.63 bits per heavy atom. The number of hydrogen-bond acceptors (Lipinski definition) is 4. The van der Waals surface area contributed by atoms with Crippen LogP contribution in [0.3, 0.4) is 0 Å². The van der Waals surface area contributed by atoms with Crippen LogP contribution >= 0.6 is 24.0 Å². The van der Waals surface area contributed by atoms with Crippen LogP contribution in [0.1, 0.15) is 30.5 Å². The first kappa shape index (κ1) is 16.3. The number of hydrogen-bond donors (Lipinski definition) is 2. The smallest absolute Gasteiger partial charge is 0.229 e. The van der Waals surface area contributed by atoms with Gasteiger partial charge in [-0.15, -0.1) is 12.4 Å². The molecule has 1 atom stereocenters. The quantitative estimate of drug-likeness (QED) is 0.840. The van der Waals surface area contributed by atoms with E-state index in [1.54, 1.807) is 0 Å². The summed E-state index contributed by atoms with van der Waals surface area (Å²) in [6.45, 7) is 2.37. The maximum atomic E-state index is 11.6. The second-order valence-corrected chi connectivity index (χ2v) is 5.17. The molecule has 0 aliphatic heterocycles. The zero-order chi connectivity index (χ0) is 13.1. The fourth-order valence-corrected chi connectivity index (χ4v) is 2.16. The van der Waals surface area contributed by atoms with E-state index in [0.717, 1.165) is 11.3 Å². The highest BCUT2D eigenvalue weighted by Crippen LogP contribution is 2.31. The highest BCUT2D eigenvalue weighted by molar-refractivity contribution is 6.29. The minimum absolute atomic E-state index is 0. The van der Waals surface area contributed by atoms with Crippen molar-refractivity contribution >= 4 is 29.9 Å². The summed E-state index contributed by atoms with van der Waals surface area (Å²) in [5.74, 6) is 0.586. The lowest BCUT2D eigenvalue weighted by atomic mass is 10.1. The molecule has 0 bridgehead atoms. The largest absolute Gasteiger partial charge is 0.355 e. The third-order valence-electron chi connectivity index (χ3n) is 3.30. The number of carbonyl (C=O) groups excluding carboxylic acids is 1. The molecule has 2 rings (SSSR count). The molecule has 1 fully saturated rings. The van der Waals surface area contributed by atoms with Gasteiger partial charge >= 0.3 is 0 Å². The Hall–Kier alpha value is -0.780. The molecule has 108 valence electrons. The standard InChI is InChI=1S/C12H18ClN3O2.ClH/c1-7-9(12(13)18-16-7)4-5-11(17)15-6-10(14)8-2-3-8;/h8,10H,2-6,14H2,1H3,(H,15,17);1H. The van der Waals surface area contributed by atoms with Crippen molar-refractivity contribution in [2.75, 3.05) is 6.54 Å². The van der Waals surface area contributed by atoms with Crippen LogP contribution in [0.4, 0.5) is 0 Å². The number of nitrogens with one attached hydrogen (secondary N) is 1. The summed E-state index contributed by atoms with van der Waals surface area (Å²) in [6.07, 6.45) is 3.29. The van der Waals surface area contributed by atoms with Gasteiger partial charge in [-0.2, -0.15) is 0 Å². The topological polar surface area (TPSA) is 81.2 Å². The van der Waals surface area contributed by atoms with E-state index in [0.29, 0.717) is 25.3 Å². The molecule has 0 radical (unpaired) electrons. The molecule has 7 heteroatoms. The number of rotatable bonds is 6. The molecular formula is C12H19Cl2N3O2. The van der Waals surface area contributed by atoms with Crippen molar-refractivity contribution in [1.29, 1.82) is 0 Å². The van der Waals surface area contributed by atoms with E-state index in [1.165, 1.54) is 12.8 Å². The molecule has 1 aromatic rings. The Balaban J connectivity index is 0.00000180. The lowest BCUT2D eigenvalue weighted by Crippen LogP contribution is -2.38. The summed E-state index contributed by atoms with van der Waals surface area (Å²) in [5, 5.41) is 6.86. The summed E-state index contributed by atoms with van der Waals surface area (Å²) in [5.41, 5.74) is 7.45. The number of nitrogens with zero attached hydrogens (tertiary/aromatic N) is 1. The van der Waals surface area contributed by atoms with E-state index < -0.39 is 0 Å². The molecule has 1 unspecified atom stereocenters. The van der Waals surface area contributed by atoms with Crippen molar-refractivity contribution in [2.45, 2.75) is 38.6 Å².